The Bertz CT molecular complexity index is 2550. The van der Waals surface area contributed by atoms with Crippen molar-refractivity contribution in [1.82, 2.24) is 0 Å². The topological polar surface area (TPSA) is 3.24 Å². The molecule has 1 nitrogen and oxygen atoms in total. The number of hydrogen-bond donors (Lipinski definition) is 0. The summed E-state index contributed by atoms with van der Waals surface area (Å²) in [4.78, 5) is 2.37. The summed E-state index contributed by atoms with van der Waals surface area (Å²) in [5.41, 5.74) is 10.8. The fourth-order valence-corrected chi connectivity index (χ4v) is 8.07. The molecular formula is C46H31NS. The van der Waals surface area contributed by atoms with E-state index < -0.39 is 0 Å². The third kappa shape index (κ3) is 5.04. The van der Waals surface area contributed by atoms with Gasteiger partial charge in [0.25, 0.3) is 0 Å². The SMILES string of the molecule is c1ccc(-c2ccccc2-c2cccc3sc4ccc(N(c5ccccc5)c5ccc(-c6ccc7ccccc7c6)cc5)cc4c23)cc1. The summed E-state index contributed by atoms with van der Waals surface area (Å²) in [6, 6.07) is 68.1. The molecule has 0 aliphatic rings. The highest BCUT2D eigenvalue weighted by atomic mass is 32.1. The average Bonchev–Trinajstić information content (AvgIpc) is 3.54. The number of benzene rings is 8. The first-order chi connectivity index (χ1) is 23.8. The summed E-state index contributed by atoms with van der Waals surface area (Å²) in [7, 11) is 0. The van der Waals surface area contributed by atoms with Crippen LogP contribution in [-0.4, -0.2) is 0 Å². The molecule has 9 rings (SSSR count). The van der Waals surface area contributed by atoms with Crippen LogP contribution in [0.3, 0.4) is 0 Å². The molecule has 0 amide bonds. The molecular weight excluding hydrogens is 599 g/mol. The first-order valence-corrected chi connectivity index (χ1v) is 17.2. The Kier molecular flexibility index (Phi) is 7.07. The van der Waals surface area contributed by atoms with Gasteiger partial charge in [0.15, 0.2) is 0 Å². The number of para-hydroxylation sites is 1. The van der Waals surface area contributed by atoms with Gasteiger partial charge in [-0.2, -0.15) is 0 Å². The Morgan fingerprint density at radius 2 is 0.958 bits per heavy atom. The fraction of sp³-hybridized carbons (Fsp3) is 0. The maximum absolute atomic E-state index is 2.38. The quantitative estimate of drug-likeness (QED) is 0.177. The van der Waals surface area contributed by atoms with Crippen LogP contribution in [-0.2, 0) is 0 Å². The van der Waals surface area contributed by atoms with Crippen molar-refractivity contribution in [1.29, 1.82) is 0 Å². The van der Waals surface area contributed by atoms with Gasteiger partial charge >= 0.3 is 0 Å². The molecule has 0 fully saturated rings. The van der Waals surface area contributed by atoms with Crippen molar-refractivity contribution in [3.8, 4) is 33.4 Å². The molecule has 0 aliphatic heterocycles. The predicted octanol–water partition coefficient (Wildman–Crippen LogP) is 13.7. The van der Waals surface area contributed by atoms with Crippen molar-refractivity contribution in [2.45, 2.75) is 0 Å². The number of nitrogens with zero attached hydrogens (tertiary/aromatic N) is 1. The van der Waals surface area contributed by atoms with Crippen LogP contribution in [0.5, 0.6) is 0 Å². The molecule has 8 aromatic carbocycles. The second kappa shape index (κ2) is 12.0. The molecule has 0 radical (unpaired) electrons. The van der Waals surface area contributed by atoms with E-state index in [4.69, 9.17) is 0 Å². The minimum Gasteiger partial charge on any atom is -0.310 e. The Hall–Kier alpha value is -5.96. The zero-order valence-electron chi connectivity index (χ0n) is 26.3. The molecule has 1 aromatic heterocycles. The highest BCUT2D eigenvalue weighted by Crippen LogP contribution is 2.45. The van der Waals surface area contributed by atoms with Crippen molar-refractivity contribution >= 4 is 59.3 Å². The smallest absolute Gasteiger partial charge is 0.0468 e. The summed E-state index contributed by atoms with van der Waals surface area (Å²) >= 11 is 1.87. The molecule has 48 heavy (non-hydrogen) atoms. The molecule has 0 saturated heterocycles. The normalized spacial score (nSPS) is 11.3. The molecule has 0 bridgehead atoms. The number of rotatable bonds is 6. The third-order valence-electron chi connectivity index (χ3n) is 9.26. The molecule has 0 saturated carbocycles. The summed E-state index contributed by atoms with van der Waals surface area (Å²) in [5, 5.41) is 5.10. The summed E-state index contributed by atoms with van der Waals surface area (Å²) in [6.45, 7) is 0. The summed E-state index contributed by atoms with van der Waals surface area (Å²) < 4.78 is 2.59. The molecule has 0 N–H and O–H groups in total. The van der Waals surface area contributed by atoms with E-state index in [-0.39, 0.29) is 0 Å². The van der Waals surface area contributed by atoms with Gasteiger partial charge in [-0.25, -0.2) is 0 Å². The number of fused-ring (bicyclic) bond motifs is 4. The number of thiophene rings is 1. The Labute approximate surface area is 284 Å². The zero-order chi connectivity index (χ0) is 31.9. The lowest BCUT2D eigenvalue weighted by molar-refractivity contribution is 1.29. The predicted molar refractivity (Wildman–Crippen MR) is 208 cm³/mol. The van der Waals surface area contributed by atoms with Gasteiger partial charge in [-0.05, 0) is 98.8 Å². The third-order valence-corrected chi connectivity index (χ3v) is 10.4. The van der Waals surface area contributed by atoms with Crippen LogP contribution < -0.4 is 4.90 Å². The molecule has 0 unspecified atom stereocenters. The van der Waals surface area contributed by atoms with Crippen molar-refractivity contribution in [3.63, 3.8) is 0 Å². The summed E-state index contributed by atoms with van der Waals surface area (Å²) in [5.74, 6) is 0. The Balaban J connectivity index is 1.18. The minimum absolute atomic E-state index is 1.12. The van der Waals surface area contributed by atoms with E-state index >= 15 is 0 Å². The second-order valence-electron chi connectivity index (χ2n) is 12.2. The number of anilines is 3. The zero-order valence-corrected chi connectivity index (χ0v) is 27.1. The van der Waals surface area contributed by atoms with Gasteiger partial charge in [-0.1, -0.05) is 133 Å². The fourth-order valence-electron chi connectivity index (χ4n) is 6.96. The van der Waals surface area contributed by atoms with Gasteiger partial charge in [0.1, 0.15) is 0 Å². The van der Waals surface area contributed by atoms with E-state index in [1.165, 1.54) is 64.3 Å². The van der Waals surface area contributed by atoms with E-state index in [0.29, 0.717) is 0 Å². The Morgan fingerprint density at radius 1 is 0.333 bits per heavy atom. The van der Waals surface area contributed by atoms with Crippen LogP contribution in [0, 0.1) is 0 Å². The van der Waals surface area contributed by atoms with E-state index in [0.717, 1.165) is 17.1 Å². The van der Waals surface area contributed by atoms with Gasteiger partial charge < -0.3 is 4.90 Å². The number of hydrogen-bond acceptors (Lipinski definition) is 2. The van der Waals surface area contributed by atoms with Crippen molar-refractivity contribution in [2.24, 2.45) is 0 Å². The minimum atomic E-state index is 1.12. The average molecular weight is 630 g/mol. The first-order valence-electron chi connectivity index (χ1n) is 16.3. The van der Waals surface area contributed by atoms with Crippen LogP contribution in [0.1, 0.15) is 0 Å². The molecule has 1 heterocycles. The van der Waals surface area contributed by atoms with Gasteiger partial charge in [0, 0.05) is 37.2 Å². The van der Waals surface area contributed by atoms with Gasteiger partial charge in [0.05, 0.1) is 0 Å². The Morgan fingerprint density at radius 3 is 1.77 bits per heavy atom. The second-order valence-corrected chi connectivity index (χ2v) is 13.2. The molecule has 226 valence electrons. The van der Waals surface area contributed by atoms with E-state index in [9.17, 15) is 0 Å². The maximum atomic E-state index is 2.38. The van der Waals surface area contributed by atoms with Crippen molar-refractivity contribution < 1.29 is 0 Å². The van der Waals surface area contributed by atoms with Crippen LogP contribution in [0.4, 0.5) is 17.1 Å². The van der Waals surface area contributed by atoms with Gasteiger partial charge in [0.2, 0.25) is 0 Å². The molecule has 9 aromatic rings. The van der Waals surface area contributed by atoms with E-state index in [2.05, 4.69) is 193 Å². The lowest BCUT2D eigenvalue weighted by Crippen LogP contribution is -2.09. The monoisotopic (exact) mass is 629 g/mol. The molecule has 0 atom stereocenters. The van der Waals surface area contributed by atoms with E-state index in [1.54, 1.807) is 0 Å². The molecule has 2 heteroatoms. The van der Waals surface area contributed by atoms with Gasteiger partial charge in [-0.15, -0.1) is 11.3 Å². The lowest BCUT2D eigenvalue weighted by atomic mass is 9.92. The van der Waals surface area contributed by atoms with Crippen LogP contribution >= 0.6 is 11.3 Å². The highest BCUT2D eigenvalue weighted by Gasteiger charge is 2.18. The highest BCUT2D eigenvalue weighted by molar-refractivity contribution is 7.26. The lowest BCUT2D eigenvalue weighted by Gasteiger charge is -2.26. The van der Waals surface area contributed by atoms with Crippen LogP contribution in [0.2, 0.25) is 0 Å². The largest absolute Gasteiger partial charge is 0.310 e. The maximum Gasteiger partial charge on any atom is 0.0468 e. The molecule has 0 aliphatic carbocycles. The standard InChI is InChI=1S/C46H31NS/c1-3-13-34(14-4-1)40-18-9-10-19-41(40)42-20-11-21-45-46(42)43-31-39(28-29-44(43)48-45)47(37-16-5-2-6-17-37)38-26-24-33(25-27-38)36-23-22-32-12-7-8-15-35(32)30-36/h1-31H. The van der Waals surface area contributed by atoms with Crippen molar-refractivity contribution in [2.75, 3.05) is 4.90 Å². The van der Waals surface area contributed by atoms with Crippen molar-refractivity contribution in [3.05, 3.63) is 188 Å². The van der Waals surface area contributed by atoms with Crippen LogP contribution in [0.15, 0.2) is 188 Å². The van der Waals surface area contributed by atoms with Crippen LogP contribution in [0.25, 0.3) is 64.3 Å². The van der Waals surface area contributed by atoms with Gasteiger partial charge in [-0.3, -0.25) is 0 Å². The summed E-state index contributed by atoms with van der Waals surface area (Å²) in [6.07, 6.45) is 0. The first kappa shape index (κ1) is 28.3. The molecule has 0 spiro atoms. The van der Waals surface area contributed by atoms with E-state index in [1.807, 2.05) is 11.3 Å².